The molecule has 0 bridgehead atoms. The van der Waals surface area contributed by atoms with Crippen molar-refractivity contribution in [3.8, 4) is 16.9 Å². The number of morpholine rings is 1. The molecule has 2 fully saturated rings. The smallest absolute Gasteiger partial charge is 0.178 e. The van der Waals surface area contributed by atoms with Crippen LogP contribution in [0.3, 0.4) is 0 Å². The lowest BCUT2D eigenvalue weighted by molar-refractivity contribution is 0.122. The van der Waals surface area contributed by atoms with Gasteiger partial charge in [0.25, 0.3) is 0 Å². The molecule has 1 saturated carbocycles. The maximum Gasteiger partial charge on any atom is 0.178 e. The zero-order chi connectivity index (χ0) is 30.0. The predicted octanol–water partition coefficient (Wildman–Crippen LogP) is 9.40. The Bertz CT molecular complexity index is 1950. The van der Waals surface area contributed by atoms with Gasteiger partial charge in [-0.15, -0.1) is 0 Å². The summed E-state index contributed by atoms with van der Waals surface area (Å²) >= 11 is 0. The molecular weight excluding hydrogens is 557 g/mol. The Labute approximate surface area is 263 Å². The highest BCUT2D eigenvalue weighted by Crippen LogP contribution is 2.62. The van der Waals surface area contributed by atoms with Crippen LogP contribution < -0.4 is 9.64 Å². The number of halogens is 1. The van der Waals surface area contributed by atoms with Crippen molar-refractivity contribution in [2.75, 3.05) is 31.2 Å². The van der Waals surface area contributed by atoms with Gasteiger partial charge in [-0.2, -0.15) is 0 Å². The summed E-state index contributed by atoms with van der Waals surface area (Å²) in [6.07, 6.45) is 10.2. The van der Waals surface area contributed by atoms with Gasteiger partial charge in [0.05, 0.1) is 13.2 Å². The summed E-state index contributed by atoms with van der Waals surface area (Å²) in [7, 11) is 0. The minimum atomic E-state index is -0.800. The molecule has 0 amide bonds. The Hall–Kier alpha value is -4.41. The molecule has 3 nitrogen and oxygen atoms in total. The minimum absolute atomic E-state index is 0.153. The molecule has 2 aliphatic heterocycles. The Morgan fingerprint density at radius 1 is 0.711 bits per heavy atom. The molecular formula is C41H36FNO2. The van der Waals surface area contributed by atoms with Gasteiger partial charge in [-0.1, -0.05) is 98.1 Å². The van der Waals surface area contributed by atoms with Crippen LogP contribution in [-0.2, 0) is 15.8 Å². The summed E-state index contributed by atoms with van der Waals surface area (Å²) in [4.78, 5) is 2.39. The lowest BCUT2D eigenvalue weighted by Crippen LogP contribution is -2.37. The average Bonchev–Trinajstić information content (AvgIpc) is 3.38. The van der Waals surface area contributed by atoms with E-state index in [9.17, 15) is 4.39 Å². The number of hydrogen-bond acceptors (Lipinski definition) is 3. The lowest BCUT2D eigenvalue weighted by atomic mass is 9.66. The molecule has 4 heteroatoms. The maximum atomic E-state index is 15.0. The van der Waals surface area contributed by atoms with E-state index in [1.54, 1.807) is 6.07 Å². The normalized spacial score (nSPS) is 21.3. The van der Waals surface area contributed by atoms with Crippen LogP contribution >= 0.6 is 0 Å². The average molecular weight is 594 g/mol. The van der Waals surface area contributed by atoms with Crippen molar-refractivity contribution >= 4 is 22.5 Å². The molecule has 1 spiro atoms. The molecule has 5 aromatic carbocycles. The first kappa shape index (κ1) is 26.9. The van der Waals surface area contributed by atoms with E-state index in [2.05, 4.69) is 95.9 Å². The van der Waals surface area contributed by atoms with E-state index in [0.29, 0.717) is 0 Å². The molecule has 1 atom stereocenters. The highest BCUT2D eigenvalue weighted by molar-refractivity contribution is 6.08. The Morgan fingerprint density at radius 2 is 1.42 bits per heavy atom. The molecule has 45 heavy (non-hydrogen) atoms. The quantitative estimate of drug-likeness (QED) is 0.208. The predicted molar refractivity (Wildman–Crippen MR) is 180 cm³/mol. The first-order valence-electron chi connectivity index (χ1n) is 16.4. The number of hydrogen-bond donors (Lipinski definition) is 0. The van der Waals surface area contributed by atoms with Gasteiger partial charge < -0.3 is 14.4 Å². The molecule has 4 aliphatic rings. The van der Waals surface area contributed by atoms with Crippen LogP contribution in [0.5, 0.6) is 5.75 Å². The van der Waals surface area contributed by atoms with Crippen molar-refractivity contribution in [3.05, 3.63) is 137 Å². The van der Waals surface area contributed by atoms with Gasteiger partial charge in [0.1, 0.15) is 11.6 Å². The molecule has 1 saturated heterocycles. The van der Waals surface area contributed by atoms with E-state index in [0.717, 1.165) is 85.4 Å². The molecule has 2 aliphatic carbocycles. The summed E-state index contributed by atoms with van der Waals surface area (Å²) < 4.78 is 28.0. The summed E-state index contributed by atoms with van der Waals surface area (Å²) in [6, 6.07) is 33.6. The standard InChI is InChI=1S/C41H36FNO2/c42-30-15-18-34-36(27-30)40(20-7-2-8-21-40)38-35-19-22-41(28-9-3-1-4-10-28,45-39(35)33-12-6-5-11-32(33)37(34)38)29-13-16-31(17-14-29)43-23-25-44-26-24-43/h1,3-6,9-19,22,27H,2,7-8,20-21,23-26H2. The second kappa shape index (κ2) is 10.3. The number of fused-ring (bicyclic) bond motifs is 10. The van der Waals surface area contributed by atoms with Crippen molar-refractivity contribution in [1.29, 1.82) is 0 Å². The highest BCUT2D eigenvalue weighted by atomic mass is 19.1. The van der Waals surface area contributed by atoms with E-state index in [1.165, 1.54) is 34.2 Å². The third-order valence-corrected chi connectivity index (χ3v) is 10.8. The molecule has 5 aromatic rings. The molecule has 9 rings (SSSR count). The van der Waals surface area contributed by atoms with Crippen LogP contribution in [0, 0.1) is 5.82 Å². The second-order valence-electron chi connectivity index (χ2n) is 13.1. The second-order valence-corrected chi connectivity index (χ2v) is 13.1. The van der Waals surface area contributed by atoms with E-state index in [-0.39, 0.29) is 11.2 Å². The molecule has 0 N–H and O–H groups in total. The molecule has 0 radical (unpaired) electrons. The van der Waals surface area contributed by atoms with Gasteiger partial charge >= 0.3 is 0 Å². The molecule has 1 unspecified atom stereocenters. The van der Waals surface area contributed by atoms with Gasteiger partial charge in [-0.25, -0.2) is 4.39 Å². The van der Waals surface area contributed by atoms with Crippen molar-refractivity contribution in [1.82, 2.24) is 0 Å². The summed E-state index contributed by atoms with van der Waals surface area (Å²) in [5, 5.41) is 2.28. The molecule has 0 aromatic heterocycles. The zero-order valence-corrected chi connectivity index (χ0v) is 25.4. The SMILES string of the molecule is Fc1ccc2c(c1)C1(CCCCC1)c1c3c(c4ccccc4c1-2)OC(c1ccccc1)(c1ccc(N2CCOCC2)cc1)C=C3. The summed E-state index contributed by atoms with van der Waals surface area (Å²) in [6.45, 7) is 3.32. The van der Waals surface area contributed by atoms with E-state index in [4.69, 9.17) is 9.47 Å². The number of nitrogens with zero attached hydrogens (tertiary/aromatic N) is 1. The zero-order valence-electron chi connectivity index (χ0n) is 25.4. The van der Waals surface area contributed by atoms with Crippen LogP contribution in [0.15, 0.2) is 103 Å². The topological polar surface area (TPSA) is 21.7 Å². The Kier molecular flexibility index (Phi) is 6.18. The number of ether oxygens (including phenoxy) is 2. The largest absolute Gasteiger partial charge is 0.472 e. The number of anilines is 1. The van der Waals surface area contributed by atoms with Gasteiger partial charge in [0.2, 0.25) is 0 Å². The van der Waals surface area contributed by atoms with E-state index >= 15 is 0 Å². The van der Waals surface area contributed by atoms with Crippen molar-refractivity contribution in [2.45, 2.75) is 43.1 Å². The fourth-order valence-corrected chi connectivity index (χ4v) is 8.71. The van der Waals surface area contributed by atoms with Gasteiger partial charge in [0, 0.05) is 46.3 Å². The van der Waals surface area contributed by atoms with Gasteiger partial charge in [-0.05, 0) is 70.8 Å². The summed E-state index contributed by atoms with van der Waals surface area (Å²) in [5.74, 6) is 0.770. The molecule has 2 heterocycles. The van der Waals surface area contributed by atoms with Crippen molar-refractivity contribution < 1.29 is 13.9 Å². The third kappa shape index (κ3) is 3.98. The van der Waals surface area contributed by atoms with Crippen LogP contribution in [0.2, 0.25) is 0 Å². The maximum absolute atomic E-state index is 15.0. The van der Waals surface area contributed by atoms with E-state index in [1.807, 2.05) is 12.1 Å². The van der Waals surface area contributed by atoms with Crippen LogP contribution in [0.1, 0.15) is 59.9 Å². The lowest BCUT2D eigenvalue weighted by Gasteiger charge is -2.41. The Balaban J connectivity index is 1.28. The monoisotopic (exact) mass is 593 g/mol. The summed E-state index contributed by atoms with van der Waals surface area (Å²) in [5.41, 5.74) is 8.46. The van der Waals surface area contributed by atoms with Crippen LogP contribution in [0.4, 0.5) is 10.1 Å². The van der Waals surface area contributed by atoms with Gasteiger partial charge in [-0.3, -0.25) is 0 Å². The van der Waals surface area contributed by atoms with Crippen molar-refractivity contribution in [3.63, 3.8) is 0 Å². The molecule has 224 valence electrons. The minimum Gasteiger partial charge on any atom is -0.472 e. The Morgan fingerprint density at radius 3 is 2.20 bits per heavy atom. The number of rotatable bonds is 3. The fraction of sp³-hybridized carbons (Fsp3) is 0.268. The van der Waals surface area contributed by atoms with Crippen LogP contribution in [-0.4, -0.2) is 26.3 Å². The third-order valence-electron chi connectivity index (χ3n) is 10.8. The van der Waals surface area contributed by atoms with E-state index < -0.39 is 5.60 Å². The number of benzene rings is 5. The highest BCUT2D eigenvalue weighted by Gasteiger charge is 2.48. The first-order valence-corrected chi connectivity index (χ1v) is 16.4. The fourth-order valence-electron chi connectivity index (χ4n) is 8.71. The van der Waals surface area contributed by atoms with Gasteiger partial charge in [0.15, 0.2) is 5.60 Å². The first-order chi connectivity index (χ1) is 22.2. The van der Waals surface area contributed by atoms with Crippen LogP contribution in [0.25, 0.3) is 28.0 Å². The van der Waals surface area contributed by atoms with Crippen molar-refractivity contribution in [2.24, 2.45) is 0 Å².